The molecule has 0 spiro atoms. The summed E-state index contributed by atoms with van der Waals surface area (Å²) in [5, 5.41) is 4.09. The minimum atomic E-state index is -0.736. The predicted octanol–water partition coefficient (Wildman–Crippen LogP) is 0.461. The molecule has 0 radical (unpaired) electrons. The van der Waals surface area contributed by atoms with Crippen molar-refractivity contribution in [2.24, 2.45) is 5.84 Å². The third kappa shape index (κ3) is 2.77. The van der Waals surface area contributed by atoms with Crippen LogP contribution in [0.1, 0.15) is 21.7 Å². The quantitative estimate of drug-likeness (QED) is 0.485. The van der Waals surface area contributed by atoms with Gasteiger partial charge in [0.25, 0.3) is 5.91 Å². The largest absolute Gasteiger partial charge is 0.494 e. The van der Waals surface area contributed by atoms with Crippen LogP contribution in [0, 0.1) is 13.8 Å². The molecule has 0 atom stereocenters. The zero-order valence-corrected chi connectivity index (χ0v) is 12.0. The van der Waals surface area contributed by atoms with Crippen LogP contribution in [0.5, 0.6) is 5.75 Å². The van der Waals surface area contributed by atoms with Gasteiger partial charge in [0.15, 0.2) is 5.69 Å². The number of carbonyl (C=O) groups is 1. The summed E-state index contributed by atoms with van der Waals surface area (Å²) in [5.74, 6) is 4.91. The van der Waals surface area contributed by atoms with Crippen LogP contribution >= 0.6 is 0 Å². The van der Waals surface area contributed by atoms with Crippen LogP contribution in [0.3, 0.4) is 0 Å². The number of amides is 1. The number of methoxy groups -OCH3 is 1. The van der Waals surface area contributed by atoms with Crippen molar-refractivity contribution in [2.45, 2.75) is 13.8 Å². The molecular formula is C14H16N4O3. The van der Waals surface area contributed by atoms with E-state index in [1.165, 1.54) is 10.7 Å². The fourth-order valence-corrected chi connectivity index (χ4v) is 1.98. The molecule has 0 unspecified atom stereocenters. The molecule has 1 amide bonds. The second kappa shape index (κ2) is 5.76. The van der Waals surface area contributed by atoms with Crippen LogP contribution in [0.2, 0.25) is 0 Å². The van der Waals surface area contributed by atoms with Crippen molar-refractivity contribution in [3.8, 4) is 11.4 Å². The fraction of sp³-hybridized carbons (Fsp3) is 0.214. The van der Waals surface area contributed by atoms with Crippen LogP contribution in [0.4, 0.5) is 0 Å². The topological polar surface area (TPSA) is 99.2 Å². The lowest BCUT2D eigenvalue weighted by molar-refractivity contribution is 0.0945. The highest BCUT2D eigenvalue weighted by atomic mass is 16.5. The van der Waals surface area contributed by atoms with Gasteiger partial charge < -0.3 is 4.74 Å². The van der Waals surface area contributed by atoms with Crippen LogP contribution < -0.4 is 21.4 Å². The van der Waals surface area contributed by atoms with Gasteiger partial charge in [-0.15, -0.1) is 0 Å². The molecule has 2 rings (SSSR count). The van der Waals surface area contributed by atoms with Crippen molar-refractivity contribution < 1.29 is 9.53 Å². The number of rotatable bonds is 3. The van der Waals surface area contributed by atoms with Crippen LogP contribution in [0.15, 0.2) is 29.1 Å². The summed E-state index contributed by atoms with van der Waals surface area (Å²) in [6.07, 6.45) is 0. The number of aromatic nitrogens is 2. The second-order valence-corrected chi connectivity index (χ2v) is 4.56. The number of hydrogen-bond acceptors (Lipinski definition) is 5. The maximum absolute atomic E-state index is 11.8. The minimum absolute atomic E-state index is 0.272. The van der Waals surface area contributed by atoms with E-state index < -0.39 is 11.3 Å². The van der Waals surface area contributed by atoms with E-state index in [1.54, 1.807) is 20.1 Å². The molecule has 0 aliphatic heterocycles. The predicted molar refractivity (Wildman–Crippen MR) is 77.5 cm³/mol. The number of aryl methyl sites for hydroxylation is 2. The zero-order valence-electron chi connectivity index (χ0n) is 12.0. The van der Waals surface area contributed by atoms with Crippen LogP contribution in [0.25, 0.3) is 5.69 Å². The molecule has 1 aromatic carbocycles. The van der Waals surface area contributed by atoms with Gasteiger partial charge in [-0.3, -0.25) is 15.0 Å². The van der Waals surface area contributed by atoms with E-state index in [-0.39, 0.29) is 5.69 Å². The van der Waals surface area contributed by atoms with Gasteiger partial charge in [-0.2, -0.15) is 5.10 Å². The smallest absolute Gasteiger partial charge is 0.289 e. The van der Waals surface area contributed by atoms with Gasteiger partial charge in [-0.25, -0.2) is 10.5 Å². The van der Waals surface area contributed by atoms with Crippen molar-refractivity contribution in [1.29, 1.82) is 0 Å². The first kappa shape index (κ1) is 14.7. The maximum atomic E-state index is 11.8. The summed E-state index contributed by atoms with van der Waals surface area (Å²) in [7, 11) is 1.54. The van der Waals surface area contributed by atoms with Gasteiger partial charge in [0.05, 0.1) is 7.11 Å². The van der Waals surface area contributed by atoms with Crippen molar-refractivity contribution in [1.82, 2.24) is 15.2 Å². The Hall–Kier alpha value is -2.67. The molecule has 7 heteroatoms. The monoisotopic (exact) mass is 288 g/mol. The normalized spacial score (nSPS) is 10.3. The first-order chi connectivity index (χ1) is 9.97. The summed E-state index contributed by atoms with van der Waals surface area (Å²) in [6.45, 7) is 3.65. The van der Waals surface area contributed by atoms with E-state index in [9.17, 15) is 9.59 Å². The Bertz CT molecular complexity index is 752. The molecule has 2 aromatic rings. The highest BCUT2D eigenvalue weighted by molar-refractivity contribution is 5.91. The lowest BCUT2D eigenvalue weighted by Gasteiger charge is -2.14. The van der Waals surface area contributed by atoms with Crippen molar-refractivity contribution >= 4 is 5.91 Å². The van der Waals surface area contributed by atoms with Crippen molar-refractivity contribution in [3.63, 3.8) is 0 Å². The van der Waals surface area contributed by atoms with Crippen molar-refractivity contribution in [2.75, 3.05) is 7.11 Å². The molecule has 0 aliphatic carbocycles. The van der Waals surface area contributed by atoms with E-state index in [0.29, 0.717) is 17.1 Å². The van der Waals surface area contributed by atoms with E-state index in [0.717, 1.165) is 5.56 Å². The van der Waals surface area contributed by atoms with E-state index in [4.69, 9.17) is 10.6 Å². The Morgan fingerprint density at radius 2 is 2.05 bits per heavy atom. The van der Waals surface area contributed by atoms with Crippen LogP contribution in [-0.2, 0) is 0 Å². The van der Waals surface area contributed by atoms with E-state index >= 15 is 0 Å². The highest BCUT2D eigenvalue weighted by Gasteiger charge is 2.16. The number of nitrogens with one attached hydrogen (secondary N) is 1. The van der Waals surface area contributed by atoms with Gasteiger partial charge in [-0.05, 0) is 31.5 Å². The molecule has 7 nitrogen and oxygen atoms in total. The Morgan fingerprint density at radius 3 is 2.67 bits per heavy atom. The maximum Gasteiger partial charge on any atom is 0.289 e. The molecule has 110 valence electrons. The second-order valence-electron chi connectivity index (χ2n) is 4.56. The number of nitrogens with two attached hydrogens (primary N) is 1. The standard InChI is InChI=1S/C14H16N4O3/c1-8-4-5-12(21-3)10(6-8)18-9(2)7-11(19)13(17-18)14(20)16-15/h4-7H,15H2,1-3H3,(H,16,20). The summed E-state index contributed by atoms with van der Waals surface area (Å²) < 4.78 is 6.79. The number of ether oxygens (including phenoxy) is 1. The molecule has 1 heterocycles. The Labute approximate surface area is 121 Å². The number of nitrogens with zero attached hydrogens (tertiary/aromatic N) is 2. The third-order valence-corrected chi connectivity index (χ3v) is 3.02. The van der Waals surface area contributed by atoms with Gasteiger partial charge >= 0.3 is 0 Å². The Balaban J connectivity index is 2.72. The fourth-order valence-electron chi connectivity index (χ4n) is 1.98. The van der Waals surface area contributed by atoms with Gasteiger partial charge in [0.1, 0.15) is 11.4 Å². The average Bonchev–Trinajstić information content (AvgIpc) is 2.46. The molecule has 0 saturated carbocycles. The number of hydrogen-bond donors (Lipinski definition) is 2. The molecule has 0 bridgehead atoms. The first-order valence-electron chi connectivity index (χ1n) is 6.25. The first-order valence-corrected chi connectivity index (χ1v) is 6.25. The Kier molecular flexibility index (Phi) is 4.04. The lowest BCUT2D eigenvalue weighted by Crippen LogP contribution is -2.36. The minimum Gasteiger partial charge on any atom is -0.494 e. The summed E-state index contributed by atoms with van der Waals surface area (Å²) in [5.41, 5.74) is 3.37. The highest BCUT2D eigenvalue weighted by Crippen LogP contribution is 2.23. The molecule has 0 saturated heterocycles. The van der Waals surface area contributed by atoms with Gasteiger partial charge in [-0.1, -0.05) is 6.07 Å². The summed E-state index contributed by atoms with van der Waals surface area (Å²) >= 11 is 0. The van der Waals surface area contributed by atoms with E-state index in [2.05, 4.69) is 5.10 Å². The summed E-state index contributed by atoms with van der Waals surface area (Å²) in [6, 6.07) is 6.88. The number of nitrogen functional groups attached to an aromatic ring is 1. The summed E-state index contributed by atoms with van der Waals surface area (Å²) in [4.78, 5) is 23.4. The van der Waals surface area contributed by atoms with Crippen LogP contribution in [-0.4, -0.2) is 22.8 Å². The number of hydrazine groups is 1. The zero-order chi connectivity index (χ0) is 15.6. The average molecular weight is 288 g/mol. The number of carbonyl (C=O) groups excluding carboxylic acids is 1. The van der Waals surface area contributed by atoms with E-state index in [1.807, 2.05) is 24.5 Å². The molecule has 21 heavy (non-hydrogen) atoms. The van der Waals surface area contributed by atoms with Crippen molar-refractivity contribution in [3.05, 3.63) is 51.4 Å². The lowest BCUT2D eigenvalue weighted by atomic mass is 10.2. The van der Waals surface area contributed by atoms with Gasteiger partial charge in [0, 0.05) is 11.8 Å². The molecule has 3 N–H and O–H groups in total. The van der Waals surface area contributed by atoms with Gasteiger partial charge in [0.2, 0.25) is 5.43 Å². The Morgan fingerprint density at radius 1 is 1.33 bits per heavy atom. The molecule has 1 aromatic heterocycles. The SMILES string of the molecule is COc1ccc(C)cc1-n1nc(C(=O)NN)c(=O)cc1C. The third-order valence-electron chi connectivity index (χ3n) is 3.02. The molecule has 0 fully saturated rings. The molecule has 0 aliphatic rings. The number of benzene rings is 1. The molecular weight excluding hydrogens is 272 g/mol.